The van der Waals surface area contributed by atoms with Crippen LogP contribution in [0, 0.1) is 0 Å². The quantitative estimate of drug-likeness (QED) is 0.587. The number of hydrogen-bond donors (Lipinski definition) is 3. The number of esters is 1. The number of rotatable bonds is 3. The van der Waals surface area contributed by atoms with Crippen molar-refractivity contribution in [3.05, 3.63) is 53.1 Å². The van der Waals surface area contributed by atoms with Crippen molar-refractivity contribution in [2.24, 2.45) is 0 Å². The fraction of sp³-hybridized carbons (Fsp3) is 0.211. The van der Waals surface area contributed by atoms with Crippen molar-refractivity contribution >= 4 is 18.1 Å². The van der Waals surface area contributed by atoms with Gasteiger partial charge in [0, 0.05) is 6.07 Å². The normalized spacial score (nSPS) is 11.6. The molecule has 0 bridgehead atoms. The molecule has 3 N–H and O–H groups in total. The maximum atomic E-state index is 12.3. The molecule has 126 valence electrons. The minimum Gasteiger partial charge on any atom is -0.508 e. The van der Waals surface area contributed by atoms with Crippen LogP contribution in [0.25, 0.3) is 12.2 Å². The van der Waals surface area contributed by atoms with Crippen LogP contribution in [0.15, 0.2) is 36.4 Å². The largest absolute Gasteiger partial charge is 0.508 e. The van der Waals surface area contributed by atoms with Gasteiger partial charge in [0.2, 0.25) is 0 Å². The topological polar surface area (TPSA) is 87.0 Å². The van der Waals surface area contributed by atoms with Crippen molar-refractivity contribution in [1.29, 1.82) is 0 Å². The molecule has 0 saturated heterocycles. The van der Waals surface area contributed by atoms with Gasteiger partial charge in [-0.15, -0.1) is 0 Å². The Balaban J connectivity index is 2.41. The van der Waals surface area contributed by atoms with Gasteiger partial charge in [0.1, 0.15) is 28.4 Å². The van der Waals surface area contributed by atoms with Gasteiger partial charge in [-0.1, -0.05) is 24.3 Å². The number of ether oxygens (including phenoxy) is 1. The van der Waals surface area contributed by atoms with Crippen LogP contribution in [0.1, 0.15) is 42.3 Å². The van der Waals surface area contributed by atoms with E-state index in [0.717, 1.165) is 11.6 Å². The molecule has 0 unspecified atom stereocenters. The lowest BCUT2D eigenvalue weighted by atomic mass is 10.0. The van der Waals surface area contributed by atoms with Gasteiger partial charge < -0.3 is 20.1 Å². The second kappa shape index (κ2) is 6.66. The summed E-state index contributed by atoms with van der Waals surface area (Å²) in [6, 6.07) is 8.93. The summed E-state index contributed by atoms with van der Waals surface area (Å²) < 4.78 is 5.31. The molecule has 0 aromatic heterocycles. The summed E-state index contributed by atoms with van der Waals surface area (Å²) in [7, 11) is 0. The molecule has 0 aliphatic rings. The monoisotopic (exact) mass is 328 g/mol. The smallest absolute Gasteiger partial charge is 0.343 e. The van der Waals surface area contributed by atoms with Crippen LogP contribution in [-0.4, -0.2) is 26.9 Å². The molecule has 2 aromatic carbocycles. The van der Waals surface area contributed by atoms with E-state index >= 15 is 0 Å². The van der Waals surface area contributed by atoms with Gasteiger partial charge in [-0.25, -0.2) is 4.79 Å². The van der Waals surface area contributed by atoms with E-state index in [1.807, 2.05) is 0 Å². The third-order valence-corrected chi connectivity index (χ3v) is 3.08. The third-order valence-electron chi connectivity index (χ3n) is 3.08. The lowest BCUT2D eigenvalue weighted by Gasteiger charge is -2.20. The highest BCUT2D eigenvalue weighted by Gasteiger charge is 2.23. The molecule has 24 heavy (non-hydrogen) atoms. The van der Waals surface area contributed by atoms with Crippen LogP contribution in [0.5, 0.6) is 17.2 Å². The van der Waals surface area contributed by atoms with Gasteiger partial charge in [0.25, 0.3) is 0 Å². The summed E-state index contributed by atoms with van der Waals surface area (Å²) >= 11 is 0. The van der Waals surface area contributed by atoms with Crippen LogP contribution in [0.4, 0.5) is 0 Å². The van der Waals surface area contributed by atoms with Gasteiger partial charge in [-0.2, -0.15) is 0 Å². The van der Waals surface area contributed by atoms with E-state index in [0.29, 0.717) is 5.56 Å². The summed E-state index contributed by atoms with van der Waals surface area (Å²) in [5.74, 6) is -1.04. The predicted molar refractivity (Wildman–Crippen MR) is 92.0 cm³/mol. The molecular formula is C19H20O5. The Bertz CT molecular complexity index is 768. The van der Waals surface area contributed by atoms with Gasteiger partial charge in [-0.3, -0.25) is 0 Å². The fourth-order valence-corrected chi connectivity index (χ4v) is 2.09. The molecule has 5 heteroatoms. The maximum absolute atomic E-state index is 12.3. The molecule has 0 spiro atoms. The third kappa shape index (κ3) is 4.52. The van der Waals surface area contributed by atoms with Gasteiger partial charge >= 0.3 is 5.97 Å². The minimum atomic E-state index is -0.709. The molecule has 2 rings (SSSR count). The first kappa shape index (κ1) is 17.4. The van der Waals surface area contributed by atoms with E-state index < -0.39 is 11.6 Å². The van der Waals surface area contributed by atoms with E-state index in [9.17, 15) is 20.1 Å². The van der Waals surface area contributed by atoms with Crippen molar-refractivity contribution < 1.29 is 24.9 Å². The Morgan fingerprint density at radius 3 is 2.17 bits per heavy atom. The highest BCUT2D eigenvalue weighted by atomic mass is 16.6. The van der Waals surface area contributed by atoms with Crippen LogP contribution in [-0.2, 0) is 4.74 Å². The molecule has 0 fully saturated rings. The van der Waals surface area contributed by atoms with Crippen molar-refractivity contribution in [3.63, 3.8) is 0 Å². The Kier molecular flexibility index (Phi) is 4.83. The van der Waals surface area contributed by atoms with Crippen molar-refractivity contribution in [1.82, 2.24) is 0 Å². The molecule has 2 aromatic rings. The van der Waals surface area contributed by atoms with E-state index in [2.05, 4.69) is 0 Å². The molecule has 0 aliphatic carbocycles. The van der Waals surface area contributed by atoms with Crippen molar-refractivity contribution in [3.8, 4) is 17.2 Å². The maximum Gasteiger partial charge on any atom is 0.343 e. The molecule has 5 nitrogen and oxygen atoms in total. The van der Waals surface area contributed by atoms with Crippen LogP contribution < -0.4 is 0 Å². The average molecular weight is 328 g/mol. The first-order valence-corrected chi connectivity index (χ1v) is 7.42. The Hall–Kier alpha value is -2.95. The van der Waals surface area contributed by atoms with Crippen molar-refractivity contribution in [2.75, 3.05) is 0 Å². The van der Waals surface area contributed by atoms with Crippen LogP contribution in [0.3, 0.4) is 0 Å². The van der Waals surface area contributed by atoms with E-state index in [-0.39, 0.29) is 22.8 Å². The average Bonchev–Trinajstić information content (AvgIpc) is 2.44. The molecular weight excluding hydrogens is 308 g/mol. The zero-order valence-corrected chi connectivity index (χ0v) is 13.8. The second-order valence-electron chi connectivity index (χ2n) is 6.36. The Morgan fingerprint density at radius 2 is 1.58 bits per heavy atom. The molecule has 0 heterocycles. The molecule has 0 saturated carbocycles. The van der Waals surface area contributed by atoms with Crippen LogP contribution >= 0.6 is 0 Å². The number of carbonyl (C=O) groups excluding carboxylic acids is 1. The number of aromatic hydroxyl groups is 3. The lowest BCUT2D eigenvalue weighted by molar-refractivity contribution is 0.00666. The molecule has 0 amide bonds. The van der Waals surface area contributed by atoms with Gasteiger partial charge in [0.15, 0.2) is 0 Å². The van der Waals surface area contributed by atoms with Crippen molar-refractivity contribution in [2.45, 2.75) is 26.4 Å². The number of benzene rings is 2. The second-order valence-corrected chi connectivity index (χ2v) is 6.36. The summed E-state index contributed by atoms with van der Waals surface area (Å²) in [5.41, 5.74) is 0.387. The minimum absolute atomic E-state index is 0.0160. The molecule has 0 radical (unpaired) electrons. The Labute approximate surface area is 140 Å². The SMILES string of the molecule is CC(C)(C)OC(=O)c1c(O)cc(O)cc1C=Cc1ccc(O)cc1. The first-order chi connectivity index (χ1) is 11.2. The summed E-state index contributed by atoms with van der Waals surface area (Å²) in [6.45, 7) is 5.19. The summed E-state index contributed by atoms with van der Waals surface area (Å²) in [4.78, 5) is 12.3. The van der Waals surface area contributed by atoms with Crippen LogP contribution in [0.2, 0.25) is 0 Å². The number of carbonyl (C=O) groups is 1. The summed E-state index contributed by atoms with van der Waals surface area (Å²) in [5, 5.41) is 29.0. The zero-order chi connectivity index (χ0) is 17.9. The van der Waals surface area contributed by atoms with E-state index in [1.54, 1.807) is 45.1 Å². The standard InChI is InChI=1S/C19H20O5/c1-19(2,3)24-18(23)17-13(10-15(21)11-16(17)22)7-4-12-5-8-14(20)9-6-12/h4-11,20-22H,1-3H3. The fourth-order valence-electron chi connectivity index (χ4n) is 2.09. The number of hydrogen-bond acceptors (Lipinski definition) is 5. The zero-order valence-electron chi connectivity index (χ0n) is 13.8. The highest BCUT2D eigenvalue weighted by Crippen LogP contribution is 2.30. The summed E-state index contributed by atoms with van der Waals surface area (Å²) in [6.07, 6.45) is 3.28. The predicted octanol–water partition coefficient (Wildman–Crippen LogP) is 3.93. The van der Waals surface area contributed by atoms with E-state index in [1.165, 1.54) is 18.2 Å². The van der Waals surface area contributed by atoms with Gasteiger partial charge in [-0.05, 0) is 50.1 Å². The lowest BCUT2D eigenvalue weighted by Crippen LogP contribution is -2.24. The molecule has 0 aliphatic heterocycles. The van der Waals surface area contributed by atoms with Gasteiger partial charge in [0.05, 0.1) is 0 Å². The van der Waals surface area contributed by atoms with E-state index in [4.69, 9.17) is 4.74 Å². The number of phenolic OH excluding ortho intramolecular Hbond substituents is 3. The number of phenols is 3. The molecule has 0 atom stereocenters. The first-order valence-electron chi connectivity index (χ1n) is 7.42. The Morgan fingerprint density at radius 1 is 0.958 bits per heavy atom. The highest BCUT2D eigenvalue weighted by molar-refractivity contribution is 5.98.